The summed E-state index contributed by atoms with van der Waals surface area (Å²) >= 11 is 0. The first-order valence-electron chi connectivity index (χ1n) is 7.30. The predicted octanol–water partition coefficient (Wildman–Crippen LogP) is -0.116. The fourth-order valence-electron chi connectivity index (χ4n) is 2.24. The molecule has 0 aromatic carbocycles. The van der Waals surface area contributed by atoms with Gasteiger partial charge >= 0.3 is 0 Å². The van der Waals surface area contributed by atoms with Gasteiger partial charge in [0.15, 0.2) is 5.69 Å². The van der Waals surface area contributed by atoms with Gasteiger partial charge in [0.2, 0.25) is 0 Å². The maximum Gasteiger partial charge on any atom is 0.273 e. The van der Waals surface area contributed by atoms with Crippen molar-refractivity contribution >= 4 is 5.91 Å². The van der Waals surface area contributed by atoms with Crippen molar-refractivity contribution in [3.63, 3.8) is 0 Å². The molecule has 0 bridgehead atoms. The highest BCUT2D eigenvalue weighted by molar-refractivity contribution is 5.91. The Hall–Kier alpha value is -1.47. The molecule has 1 fully saturated rings. The number of nitrogens with one attached hydrogen (secondary N) is 2. The Morgan fingerprint density at radius 2 is 2.30 bits per heavy atom. The average Bonchev–Trinajstić information content (AvgIpc) is 2.97. The molecule has 0 saturated carbocycles. The SMILES string of the molecule is CCN(C)CCNC(=O)c1cn(C2CCNCC2)nn1. The summed E-state index contributed by atoms with van der Waals surface area (Å²) in [4.78, 5) is 14.1. The predicted molar refractivity (Wildman–Crippen MR) is 76.7 cm³/mol. The number of amides is 1. The monoisotopic (exact) mass is 280 g/mol. The van der Waals surface area contributed by atoms with E-state index in [0.29, 0.717) is 18.3 Å². The standard InChI is InChI=1S/C13H24N6O/c1-3-18(2)9-8-15-13(20)12-10-19(17-16-12)11-4-6-14-7-5-11/h10-11,14H,3-9H2,1-2H3,(H,15,20). The van der Waals surface area contributed by atoms with Crippen molar-refractivity contribution < 1.29 is 4.79 Å². The van der Waals surface area contributed by atoms with Crippen molar-refractivity contribution in [1.29, 1.82) is 0 Å². The lowest BCUT2D eigenvalue weighted by Crippen LogP contribution is -2.33. The highest BCUT2D eigenvalue weighted by Gasteiger charge is 2.18. The van der Waals surface area contributed by atoms with Crippen molar-refractivity contribution in [1.82, 2.24) is 30.5 Å². The number of likely N-dealkylation sites (N-methyl/N-ethyl adjacent to an activating group) is 1. The van der Waals surface area contributed by atoms with E-state index >= 15 is 0 Å². The quantitative estimate of drug-likeness (QED) is 0.760. The van der Waals surface area contributed by atoms with E-state index in [1.807, 2.05) is 11.7 Å². The zero-order chi connectivity index (χ0) is 14.4. The van der Waals surface area contributed by atoms with E-state index in [2.05, 4.69) is 32.8 Å². The molecule has 0 unspecified atom stereocenters. The second-order valence-corrected chi connectivity index (χ2v) is 5.22. The molecule has 0 atom stereocenters. The van der Waals surface area contributed by atoms with Crippen LogP contribution in [0.4, 0.5) is 0 Å². The van der Waals surface area contributed by atoms with Crippen LogP contribution in [0, 0.1) is 0 Å². The van der Waals surface area contributed by atoms with E-state index in [9.17, 15) is 4.79 Å². The Labute approximate surface area is 119 Å². The third-order valence-corrected chi connectivity index (χ3v) is 3.74. The Bertz CT molecular complexity index is 426. The Morgan fingerprint density at radius 1 is 1.55 bits per heavy atom. The molecule has 1 saturated heterocycles. The fraction of sp³-hybridized carbons (Fsp3) is 0.769. The lowest BCUT2D eigenvalue weighted by molar-refractivity contribution is 0.0945. The van der Waals surface area contributed by atoms with Gasteiger partial charge in [-0.1, -0.05) is 12.1 Å². The average molecular weight is 280 g/mol. The van der Waals surface area contributed by atoms with Crippen LogP contribution in [-0.4, -0.2) is 65.6 Å². The third-order valence-electron chi connectivity index (χ3n) is 3.74. The summed E-state index contributed by atoms with van der Waals surface area (Å²) in [5.74, 6) is -0.144. The van der Waals surface area contributed by atoms with Crippen LogP contribution in [0.15, 0.2) is 6.20 Å². The number of hydrogen-bond donors (Lipinski definition) is 2. The second-order valence-electron chi connectivity index (χ2n) is 5.22. The van der Waals surface area contributed by atoms with Gasteiger partial charge in [0, 0.05) is 13.1 Å². The number of aromatic nitrogens is 3. The minimum absolute atomic E-state index is 0.144. The molecule has 20 heavy (non-hydrogen) atoms. The Balaban J connectivity index is 1.83. The molecule has 2 heterocycles. The van der Waals surface area contributed by atoms with Crippen molar-refractivity contribution in [3.8, 4) is 0 Å². The molecule has 0 aliphatic carbocycles. The van der Waals surface area contributed by atoms with Crippen LogP contribution in [-0.2, 0) is 0 Å². The largest absolute Gasteiger partial charge is 0.349 e. The molecule has 1 aliphatic heterocycles. The van der Waals surface area contributed by atoms with Gasteiger partial charge < -0.3 is 15.5 Å². The maximum absolute atomic E-state index is 12.0. The highest BCUT2D eigenvalue weighted by atomic mass is 16.2. The topological polar surface area (TPSA) is 75.1 Å². The van der Waals surface area contributed by atoms with E-state index in [-0.39, 0.29) is 5.91 Å². The molecule has 7 heteroatoms. The number of piperidine rings is 1. The van der Waals surface area contributed by atoms with E-state index in [0.717, 1.165) is 39.0 Å². The van der Waals surface area contributed by atoms with Crippen LogP contribution in [0.25, 0.3) is 0 Å². The lowest BCUT2D eigenvalue weighted by atomic mass is 10.1. The molecule has 0 spiro atoms. The summed E-state index contributed by atoms with van der Waals surface area (Å²) in [6, 6.07) is 0.358. The molecule has 7 nitrogen and oxygen atoms in total. The summed E-state index contributed by atoms with van der Waals surface area (Å²) in [6.45, 7) is 6.52. The normalized spacial score (nSPS) is 16.6. The first kappa shape index (κ1) is 14.9. The fourth-order valence-corrected chi connectivity index (χ4v) is 2.24. The number of carbonyl (C=O) groups is 1. The zero-order valence-electron chi connectivity index (χ0n) is 12.3. The van der Waals surface area contributed by atoms with E-state index in [1.54, 1.807) is 6.20 Å². The van der Waals surface area contributed by atoms with Crippen molar-refractivity contribution in [2.75, 3.05) is 39.8 Å². The summed E-state index contributed by atoms with van der Waals surface area (Å²) in [5.41, 5.74) is 0.405. The lowest BCUT2D eigenvalue weighted by Gasteiger charge is -2.22. The van der Waals surface area contributed by atoms with Crippen molar-refractivity contribution in [2.24, 2.45) is 0 Å². The van der Waals surface area contributed by atoms with Crippen LogP contribution in [0.3, 0.4) is 0 Å². The molecule has 1 amide bonds. The Kier molecular flexibility index (Phi) is 5.49. The van der Waals surface area contributed by atoms with Gasteiger partial charge in [-0.3, -0.25) is 4.79 Å². The molecule has 1 aliphatic rings. The van der Waals surface area contributed by atoms with Gasteiger partial charge in [-0.25, -0.2) is 4.68 Å². The molecule has 112 valence electrons. The van der Waals surface area contributed by atoms with Crippen LogP contribution in [0.2, 0.25) is 0 Å². The van der Waals surface area contributed by atoms with Crippen LogP contribution in [0.1, 0.15) is 36.3 Å². The van der Waals surface area contributed by atoms with Crippen molar-refractivity contribution in [2.45, 2.75) is 25.8 Å². The molecular formula is C13H24N6O. The van der Waals surface area contributed by atoms with Crippen molar-refractivity contribution in [3.05, 3.63) is 11.9 Å². The zero-order valence-corrected chi connectivity index (χ0v) is 12.3. The first-order chi connectivity index (χ1) is 9.70. The summed E-state index contributed by atoms with van der Waals surface area (Å²) in [6.07, 6.45) is 3.83. The van der Waals surface area contributed by atoms with Gasteiger partial charge in [-0.2, -0.15) is 0 Å². The highest BCUT2D eigenvalue weighted by Crippen LogP contribution is 2.16. The van der Waals surface area contributed by atoms with Crippen LogP contribution < -0.4 is 10.6 Å². The van der Waals surface area contributed by atoms with Gasteiger partial charge in [-0.05, 0) is 39.5 Å². The molecule has 1 aromatic heterocycles. The number of nitrogens with zero attached hydrogens (tertiary/aromatic N) is 4. The van der Waals surface area contributed by atoms with E-state index in [1.165, 1.54) is 0 Å². The number of hydrogen-bond acceptors (Lipinski definition) is 5. The third kappa shape index (κ3) is 4.01. The first-order valence-corrected chi connectivity index (χ1v) is 7.30. The number of carbonyl (C=O) groups excluding carboxylic acids is 1. The van der Waals surface area contributed by atoms with Gasteiger partial charge in [0.1, 0.15) is 0 Å². The van der Waals surface area contributed by atoms with E-state index in [4.69, 9.17) is 0 Å². The summed E-state index contributed by atoms with van der Waals surface area (Å²) < 4.78 is 1.83. The second kappa shape index (κ2) is 7.35. The molecular weight excluding hydrogens is 256 g/mol. The number of rotatable bonds is 6. The van der Waals surface area contributed by atoms with E-state index < -0.39 is 0 Å². The van der Waals surface area contributed by atoms with Gasteiger partial charge in [0.25, 0.3) is 5.91 Å². The van der Waals surface area contributed by atoms with Crippen LogP contribution >= 0.6 is 0 Å². The molecule has 2 N–H and O–H groups in total. The minimum atomic E-state index is -0.144. The van der Waals surface area contributed by atoms with Gasteiger partial charge in [-0.15, -0.1) is 5.10 Å². The minimum Gasteiger partial charge on any atom is -0.349 e. The van der Waals surface area contributed by atoms with Crippen LogP contribution in [0.5, 0.6) is 0 Å². The smallest absolute Gasteiger partial charge is 0.273 e. The molecule has 2 rings (SSSR count). The molecule has 1 aromatic rings. The maximum atomic E-state index is 12.0. The summed E-state index contributed by atoms with van der Waals surface area (Å²) in [5, 5.41) is 14.2. The van der Waals surface area contributed by atoms with Gasteiger partial charge in [0.05, 0.1) is 12.2 Å². The Morgan fingerprint density at radius 3 is 3.00 bits per heavy atom. The summed E-state index contributed by atoms with van der Waals surface area (Å²) in [7, 11) is 2.03. The molecule has 0 radical (unpaired) electrons.